The van der Waals surface area contributed by atoms with E-state index in [9.17, 15) is 31.2 Å². The number of carbonyl (C=O) groups excluding carboxylic acids is 1. The maximum Gasteiger partial charge on any atom is 0.417 e. The Labute approximate surface area is 178 Å². The van der Waals surface area contributed by atoms with Crippen LogP contribution < -0.4 is 10.0 Å². The molecule has 0 aromatic heterocycles. The Morgan fingerprint density at radius 1 is 1.00 bits per heavy atom. The number of carboxylic acids is 1. The van der Waals surface area contributed by atoms with Crippen LogP contribution in [0.4, 0.5) is 24.5 Å². The van der Waals surface area contributed by atoms with Crippen molar-refractivity contribution in [3.63, 3.8) is 0 Å². The summed E-state index contributed by atoms with van der Waals surface area (Å²) in [6, 6.07) is 5.79. The van der Waals surface area contributed by atoms with E-state index >= 15 is 0 Å². The number of nitrogens with one attached hydrogen (secondary N) is 2. The summed E-state index contributed by atoms with van der Waals surface area (Å²) >= 11 is 11.5. The smallest absolute Gasteiger partial charge is 0.417 e. The molecule has 0 atom stereocenters. The van der Waals surface area contributed by atoms with Gasteiger partial charge in [-0.25, -0.2) is 8.42 Å². The number of hydrogen-bond donors (Lipinski definition) is 3. The first-order chi connectivity index (χ1) is 13.8. The van der Waals surface area contributed by atoms with E-state index in [-0.39, 0.29) is 29.2 Å². The number of carbonyl (C=O) groups is 2. The van der Waals surface area contributed by atoms with Crippen LogP contribution in [0.15, 0.2) is 41.3 Å². The Balaban J connectivity index is 2.21. The molecule has 0 aliphatic rings. The SMILES string of the molecule is O=C(O)CCC(=O)Nc1ccc(NS(=O)(=O)c2ccc(Cl)c(C(F)(F)F)c2)c(Cl)c1. The van der Waals surface area contributed by atoms with Gasteiger partial charge in [-0.2, -0.15) is 13.2 Å². The van der Waals surface area contributed by atoms with Crippen LogP contribution in [0.3, 0.4) is 0 Å². The Kier molecular flexibility index (Phi) is 7.22. The summed E-state index contributed by atoms with van der Waals surface area (Å²) in [6.07, 6.45) is -5.50. The predicted octanol–water partition coefficient (Wildman–Crippen LogP) is 4.62. The lowest BCUT2D eigenvalue weighted by molar-refractivity contribution is -0.138. The summed E-state index contributed by atoms with van der Waals surface area (Å²) in [7, 11) is -4.44. The van der Waals surface area contributed by atoms with Gasteiger partial charge in [0.05, 0.1) is 32.6 Å². The third kappa shape index (κ3) is 6.25. The summed E-state index contributed by atoms with van der Waals surface area (Å²) in [5, 5.41) is 10.1. The molecule has 0 aliphatic heterocycles. The van der Waals surface area contributed by atoms with Gasteiger partial charge in [-0.05, 0) is 36.4 Å². The number of carboxylic acid groups (broad SMARTS) is 1. The largest absolute Gasteiger partial charge is 0.481 e. The molecule has 2 aromatic carbocycles. The minimum atomic E-state index is -4.85. The van der Waals surface area contributed by atoms with Crippen LogP contribution in [-0.2, 0) is 25.8 Å². The molecule has 2 rings (SSSR count). The van der Waals surface area contributed by atoms with Gasteiger partial charge >= 0.3 is 12.1 Å². The highest BCUT2D eigenvalue weighted by molar-refractivity contribution is 7.92. The Morgan fingerprint density at radius 2 is 1.67 bits per heavy atom. The second-order valence-electron chi connectivity index (χ2n) is 5.88. The molecule has 162 valence electrons. The van der Waals surface area contributed by atoms with Crippen molar-refractivity contribution in [1.29, 1.82) is 0 Å². The number of rotatable bonds is 7. The number of aliphatic carboxylic acids is 1. The first kappa shape index (κ1) is 23.8. The number of halogens is 5. The van der Waals surface area contributed by atoms with E-state index in [1.54, 1.807) is 0 Å². The fraction of sp³-hybridized carbons (Fsp3) is 0.176. The molecule has 13 heteroatoms. The molecule has 2 aromatic rings. The van der Waals surface area contributed by atoms with E-state index < -0.39 is 43.6 Å². The zero-order valence-electron chi connectivity index (χ0n) is 14.8. The molecule has 0 fully saturated rings. The molecule has 0 heterocycles. The number of amides is 1. The Hall–Kier alpha value is -2.50. The maximum atomic E-state index is 13.0. The molecule has 3 N–H and O–H groups in total. The van der Waals surface area contributed by atoms with E-state index in [2.05, 4.69) is 10.0 Å². The normalized spacial score (nSPS) is 11.8. The molecule has 0 bridgehead atoms. The molecule has 0 unspecified atom stereocenters. The van der Waals surface area contributed by atoms with Gasteiger partial charge in [0.1, 0.15) is 0 Å². The second-order valence-corrected chi connectivity index (χ2v) is 8.38. The minimum absolute atomic E-state index is 0.149. The molecule has 0 aliphatic carbocycles. The lowest BCUT2D eigenvalue weighted by atomic mass is 10.2. The van der Waals surface area contributed by atoms with Crippen LogP contribution in [-0.4, -0.2) is 25.4 Å². The number of sulfonamides is 1. The van der Waals surface area contributed by atoms with E-state index in [0.29, 0.717) is 6.07 Å². The highest BCUT2D eigenvalue weighted by Gasteiger charge is 2.34. The molecule has 0 saturated heterocycles. The predicted molar refractivity (Wildman–Crippen MR) is 104 cm³/mol. The highest BCUT2D eigenvalue weighted by Crippen LogP contribution is 2.36. The van der Waals surface area contributed by atoms with Gasteiger partial charge in [-0.15, -0.1) is 0 Å². The van der Waals surface area contributed by atoms with Crippen LogP contribution in [0.25, 0.3) is 0 Å². The fourth-order valence-corrected chi connectivity index (χ4v) is 3.83. The average Bonchev–Trinajstić information content (AvgIpc) is 2.61. The lowest BCUT2D eigenvalue weighted by Crippen LogP contribution is -2.16. The zero-order chi connectivity index (χ0) is 22.7. The summed E-state index contributed by atoms with van der Waals surface area (Å²) in [4.78, 5) is 21.4. The summed E-state index contributed by atoms with van der Waals surface area (Å²) in [5.41, 5.74) is -1.29. The van der Waals surface area contributed by atoms with E-state index in [1.807, 2.05) is 0 Å². The van der Waals surface area contributed by atoms with Crippen molar-refractivity contribution in [2.75, 3.05) is 10.0 Å². The molecular weight excluding hydrogens is 472 g/mol. The van der Waals surface area contributed by atoms with Crippen LogP contribution >= 0.6 is 23.2 Å². The topological polar surface area (TPSA) is 113 Å². The number of benzene rings is 2. The monoisotopic (exact) mass is 484 g/mol. The van der Waals surface area contributed by atoms with E-state index in [4.69, 9.17) is 28.3 Å². The molecular formula is C17H13Cl2F3N2O5S. The van der Waals surface area contributed by atoms with Gasteiger partial charge in [-0.3, -0.25) is 14.3 Å². The van der Waals surface area contributed by atoms with Crippen LogP contribution in [0.1, 0.15) is 18.4 Å². The Bertz CT molecular complexity index is 1090. The molecule has 7 nitrogen and oxygen atoms in total. The minimum Gasteiger partial charge on any atom is -0.481 e. The van der Waals surface area contributed by atoms with Crippen molar-refractivity contribution in [2.45, 2.75) is 23.9 Å². The molecule has 30 heavy (non-hydrogen) atoms. The van der Waals surface area contributed by atoms with Gasteiger partial charge in [0.15, 0.2) is 0 Å². The van der Waals surface area contributed by atoms with Gasteiger partial charge < -0.3 is 10.4 Å². The van der Waals surface area contributed by atoms with Crippen molar-refractivity contribution in [3.05, 3.63) is 52.0 Å². The zero-order valence-corrected chi connectivity index (χ0v) is 17.1. The standard InChI is InChI=1S/C17H13Cl2F3N2O5S/c18-12-3-2-10(8-11(12)17(20,21)22)30(28,29)24-14-4-1-9(7-13(14)19)23-15(25)5-6-16(26)27/h1-4,7-8,24H,5-6H2,(H,23,25)(H,26,27). The van der Waals surface area contributed by atoms with Gasteiger partial charge in [-0.1, -0.05) is 23.2 Å². The third-order valence-corrected chi connectivity index (χ3v) is 5.62. The lowest BCUT2D eigenvalue weighted by Gasteiger charge is -2.14. The highest BCUT2D eigenvalue weighted by atomic mass is 35.5. The number of hydrogen-bond acceptors (Lipinski definition) is 4. The summed E-state index contributed by atoms with van der Waals surface area (Å²) < 4.78 is 65.9. The van der Waals surface area contributed by atoms with Gasteiger partial charge in [0.25, 0.3) is 10.0 Å². The molecule has 0 radical (unpaired) electrons. The second kappa shape index (κ2) is 9.11. The quantitative estimate of drug-likeness (QED) is 0.530. The number of anilines is 2. The van der Waals surface area contributed by atoms with Crippen LogP contribution in [0.5, 0.6) is 0 Å². The third-order valence-electron chi connectivity index (χ3n) is 3.62. The van der Waals surface area contributed by atoms with Crippen molar-refractivity contribution in [2.24, 2.45) is 0 Å². The Morgan fingerprint density at radius 3 is 2.23 bits per heavy atom. The molecule has 0 saturated carbocycles. The summed E-state index contributed by atoms with van der Waals surface area (Å²) in [5.74, 6) is -1.74. The first-order valence-electron chi connectivity index (χ1n) is 8.00. The van der Waals surface area contributed by atoms with Crippen molar-refractivity contribution in [1.82, 2.24) is 0 Å². The van der Waals surface area contributed by atoms with E-state index in [0.717, 1.165) is 12.1 Å². The van der Waals surface area contributed by atoms with Crippen molar-refractivity contribution >= 4 is 56.5 Å². The van der Waals surface area contributed by atoms with Crippen molar-refractivity contribution in [3.8, 4) is 0 Å². The first-order valence-corrected chi connectivity index (χ1v) is 10.2. The van der Waals surface area contributed by atoms with E-state index in [1.165, 1.54) is 18.2 Å². The van der Waals surface area contributed by atoms with Crippen LogP contribution in [0.2, 0.25) is 10.0 Å². The summed E-state index contributed by atoms with van der Waals surface area (Å²) in [6.45, 7) is 0. The fourth-order valence-electron chi connectivity index (χ4n) is 2.21. The number of alkyl halides is 3. The molecule has 1 amide bonds. The maximum absolute atomic E-state index is 13.0. The van der Waals surface area contributed by atoms with Gasteiger partial charge in [0, 0.05) is 12.1 Å². The molecule has 0 spiro atoms. The average molecular weight is 485 g/mol. The van der Waals surface area contributed by atoms with Gasteiger partial charge in [0.2, 0.25) is 5.91 Å². The van der Waals surface area contributed by atoms with Crippen LogP contribution in [0, 0.1) is 0 Å². The van der Waals surface area contributed by atoms with Crippen molar-refractivity contribution < 1.29 is 36.3 Å².